The summed E-state index contributed by atoms with van der Waals surface area (Å²) in [5, 5.41) is 3.16. The Labute approximate surface area is 95.0 Å². The van der Waals surface area contributed by atoms with Gasteiger partial charge in [-0.05, 0) is 19.1 Å². The Balaban J connectivity index is 2.37. The van der Waals surface area contributed by atoms with Crippen molar-refractivity contribution >= 4 is 17.5 Å². The van der Waals surface area contributed by atoms with Crippen LogP contribution < -0.4 is 11.1 Å². The Bertz CT molecular complexity index is 355. The van der Waals surface area contributed by atoms with Crippen LogP contribution in [-0.2, 0) is 9.53 Å². The van der Waals surface area contributed by atoms with Gasteiger partial charge >= 0.3 is 5.97 Å². The Morgan fingerprint density at radius 2 is 2.44 bits per heavy atom. The Kier molecular flexibility index (Phi) is 4.57. The number of ether oxygens (including phenoxy) is 1. The molecule has 88 valence electrons. The van der Waals surface area contributed by atoms with Crippen molar-refractivity contribution < 1.29 is 9.53 Å². The van der Waals surface area contributed by atoms with Crippen LogP contribution in [0.3, 0.4) is 0 Å². The third-order valence-electron chi connectivity index (χ3n) is 2.08. The average molecular weight is 223 g/mol. The molecule has 1 aromatic rings. The molecular weight excluding hydrogens is 206 g/mol. The molecule has 0 saturated carbocycles. The number of carbonyl (C=O) groups excluding carboxylic acids is 1. The van der Waals surface area contributed by atoms with E-state index < -0.39 is 0 Å². The van der Waals surface area contributed by atoms with Gasteiger partial charge in [-0.25, -0.2) is 4.98 Å². The number of pyridine rings is 1. The number of hydrogen-bond donors (Lipinski definition) is 2. The minimum Gasteiger partial charge on any atom is -0.466 e. The van der Waals surface area contributed by atoms with Crippen LogP contribution in [0.1, 0.15) is 20.3 Å². The molecular formula is C11H17N3O2. The van der Waals surface area contributed by atoms with Crippen LogP contribution in [0.5, 0.6) is 0 Å². The van der Waals surface area contributed by atoms with Crippen LogP contribution in [0.25, 0.3) is 0 Å². The highest BCUT2D eigenvalue weighted by Crippen LogP contribution is 2.14. The van der Waals surface area contributed by atoms with Crippen molar-refractivity contribution in [3.8, 4) is 0 Å². The van der Waals surface area contributed by atoms with E-state index in [-0.39, 0.29) is 12.0 Å². The normalized spacial score (nSPS) is 11.9. The van der Waals surface area contributed by atoms with Gasteiger partial charge in [-0.3, -0.25) is 4.79 Å². The maximum absolute atomic E-state index is 10.6. The summed E-state index contributed by atoms with van der Waals surface area (Å²) in [6.07, 6.45) is 2.40. The lowest BCUT2D eigenvalue weighted by Gasteiger charge is -2.15. The molecule has 0 aliphatic carbocycles. The predicted octanol–water partition coefficient (Wildman–Crippen LogP) is 1.42. The lowest BCUT2D eigenvalue weighted by molar-refractivity contribution is -0.141. The predicted molar refractivity (Wildman–Crippen MR) is 63.0 cm³/mol. The van der Waals surface area contributed by atoms with Crippen LogP contribution in [0, 0.1) is 0 Å². The molecule has 0 fully saturated rings. The van der Waals surface area contributed by atoms with Crippen LogP contribution >= 0.6 is 0 Å². The van der Waals surface area contributed by atoms with Gasteiger partial charge in [0.05, 0.1) is 12.3 Å². The first-order valence-electron chi connectivity index (χ1n) is 5.20. The van der Waals surface area contributed by atoms with E-state index in [0.29, 0.717) is 18.1 Å². The van der Waals surface area contributed by atoms with Gasteiger partial charge in [-0.1, -0.05) is 0 Å². The molecule has 1 unspecified atom stereocenters. The van der Waals surface area contributed by atoms with Gasteiger partial charge in [-0.15, -0.1) is 0 Å². The zero-order chi connectivity index (χ0) is 12.0. The summed E-state index contributed by atoms with van der Waals surface area (Å²) in [6, 6.07) is 3.72. The minimum absolute atomic E-state index is 0.150. The van der Waals surface area contributed by atoms with Crippen molar-refractivity contribution in [1.82, 2.24) is 4.98 Å². The van der Waals surface area contributed by atoms with E-state index in [1.54, 1.807) is 18.3 Å². The van der Waals surface area contributed by atoms with E-state index in [9.17, 15) is 4.79 Å². The fourth-order valence-electron chi connectivity index (χ4n) is 1.22. The monoisotopic (exact) mass is 223 g/mol. The molecule has 1 heterocycles. The summed E-state index contributed by atoms with van der Waals surface area (Å²) in [5.41, 5.74) is 6.35. The van der Waals surface area contributed by atoms with Gasteiger partial charge in [-0.2, -0.15) is 0 Å². The maximum atomic E-state index is 10.6. The Morgan fingerprint density at radius 1 is 1.69 bits per heavy atom. The van der Waals surface area contributed by atoms with Crippen molar-refractivity contribution in [1.29, 1.82) is 0 Å². The largest absolute Gasteiger partial charge is 0.466 e. The van der Waals surface area contributed by atoms with Gasteiger partial charge < -0.3 is 15.8 Å². The number of carbonyl (C=O) groups is 1. The van der Waals surface area contributed by atoms with Gasteiger partial charge in [0.2, 0.25) is 0 Å². The quantitative estimate of drug-likeness (QED) is 0.738. The van der Waals surface area contributed by atoms with Crippen LogP contribution in [0.2, 0.25) is 0 Å². The standard InChI is InChI=1S/C11H17N3O2/c1-8(5-7-16-9(2)15)14-11-10(12)4-3-6-13-11/h3-4,6,8H,5,7,12H2,1-2H3,(H,13,14). The smallest absolute Gasteiger partial charge is 0.302 e. The zero-order valence-electron chi connectivity index (χ0n) is 9.56. The fourth-order valence-corrected chi connectivity index (χ4v) is 1.22. The SMILES string of the molecule is CC(=O)OCCC(C)Nc1ncccc1N. The molecule has 16 heavy (non-hydrogen) atoms. The van der Waals surface area contributed by atoms with E-state index >= 15 is 0 Å². The highest BCUT2D eigenvalue weighted by atomic mass is 16.5. The van der Waals surface area contributed by atoms with E-state index in [1.807, 2.05) is 6.92 Å². The molecule has 0 spiro atoms. The second-order valence-electron chi connectivity index (χ2n) is 3.62. The van der Waals surface area contributed by atoms with Gasteiger partial charge in [0, 0.05) is 25.6 Å². The van der Waals surface area contributed by atoms with Crippen molar-refractivity contribution in [2.24, 2.45) is 0 Å². The minimum atomic E-state index is -0.260. The zero-order valence-corrected chi connectivity index (χ0v) is 9.56. The number of nitrogens with one attached hydrogen (secondary N) is 1. The van der Waals surface area contributed by atoms with Crippen LogP contribution in [-0.4, -0.2) is 23.6 Å². The fraction of sp³-hybridized carbons (Fsp3) is 0.455. The van der Waals surface area contributed by atoms with Crippen LogP contribution in [0.4, 0.5) is 11.5 Å². The lowest BCUT2D eigenvalue weighted by Crippen LogP contribution is -2.19. The third-order valence-corrected chi connectivity index (χ3v) is 2.08. The number of esters is 1. The summed E-state index contributed by atoms with van der Waals surface area (Å²) >= 11 is 0. The molecule has 0 aromatic carbocycles. The highest BCUT2D eigenvalue weighted by molar-refractivity contribution is 5.65. The molecule has 1 aromatic heterocycles. The van der Waals surface area contributed by atoms with Crippen molar-refractivity contribution in [2.75, 3.05) is 17.7 Å². The lowest BCUT2D eigenvalue weighted by atomic mass is 10.2. The number of hydrogen-bond acceptors (Lipinski definition) is 5. The Hall–Kier alpha value is -1.78. The van der Waals surface area contributed by atoms with Crippen molar-refractivity contribution in [2.45, 2.75) is 26.3 Å². The first kappa shape index (κ1) is 12.3. The third kappa shape index (κ3) is 4.16. The molecule has 0 aliphatic heterocycles. The summed E-state index contributed by atoms with van der Waals surface area (Å²) in [5.74, 6) is 0.405. The van der Waals surface area contributed by atoms with E-state index in [4.69, 9.17) is 10.5 Å². The molecule has 0 radical (unpaired) electrons. The number of nitrogens with two attached hydrogens (primary N) is 1. The number of rotatable bonds is 5. The number of aromatic nitrogens is 1. The average Bonchev–Trinajstić information content (AvgIpc) is 2.21. The summed E-state index contributed by atoms with van der Waals surface area (Å²) in [4.78, 5) is 14.7. The maximum Gasteiger partial charge on any atom is 0.302 e. The van der Waals surface area contributed by atoms with Gasteiger partial charge in [0.1, 0.15) is 5.82 Å². The summed E-state index contributed by atoms with van der Waals surface area (Å²) in [6.45, 7) is 3.78. The molecule has 1 rings (SSSR count). The van der Waals surface area contributed by atoms with Crippen molar-refractivity contribution in [3.05, 3.63) is 18.3 Å². The van der Waals surface area contributed by atoms with Crippen LogP contribution in [0.15, 0.2) is 18.3 Å². The van der Waals surface area contributed by atoms with E-state index in [0.717, 1.165) is 6.42 Å². The second-order valence-corrected chi connectivity index (χ2v) is 3.62. The summed E-state index contributed by atoms with van der Waals surface area (Å²) in [7, 11) is 0. The van der Waals surface area contributed by atoms with Gasteiger partial charge in [0.25, 0.3) is 0 Å². The molecule has 0 bridgehead atoms. The second kappa shape index (κ2) is 5.95. The molecule has 0 aliphatic rings. The molecule has 0 saturated heterocycles. The topological polar surface area (TPSA) is 77.2 Å². The molecule has 5 heteroatoms. The Morgan fingerprint density at radius 3 is 3.06 bits per heavy atom. The molecule has 0 amide bonds. The first-order chi connectivity index (χ1) is 7.59. The number of anilines is 2. The molecule has 5 nitrogen and oxygen atoms in total. The van der Waals surface area contributed by atoms with E-state index in [1.165, 1.54) is 6.92 Å². The van der Waals surface area contributed by atoms with Gasteiger partial charge in [0.15, 0.2) is 0 Å². The molecule has 1 atom stereocenters. The first-order valence-corrected chi connectivity index (χ1v) is 5.20. The molecule has 3 N–H and O–H groups in total. The van der Waals surface area contributed by atoms with Crippen molar-refractivity contribution in [3.63, 3.8) is 0 Å². The summed E-state index contributed by atoms with van der Waals surface area (Å²) < 4.78 is 4.85. The van der Waals surface area contributed by atoms with E-state index in [2.05, 4.69) is 10.3 Å². The number of nitrogen functional groups attached to an aromatic ring is 1. The highest BCUT2D eigenvalue weighted by Gasteiger charge is 2.05. The number of nitrogens with zero attached hydrogens (tertiary/aromatic N) is 1.